The van der Waals surface area contributed by atoms with Gasteiger partial charge >= 0.3 is 0 Å². The highest BCUT2D eigenvalue weighted by Gasteiger charge is 2.45. The van der Waals surface area contributed by atoms with Crippen LogP contribution in [0.25, 0.3) is 11.3 Å². The molecule has 2 aliphatic rings. The van der Waals surface area contributed by atoms with Crippen molar-refractivity contribution in [2.45, 2.75) is 131 Å². The maximum Gasteiger partial charge on any atom is 0.252 e. The summed E-state index contributed by atoms with van der Waals surface area (Å²) in [5.41, 5.74) is 19.9. The minimum Gasteiger partial charge on any atom is -0.311 e. The van der Waals surface area contributed by atoms with Gasteiger partial charge in [-0.1, -0.05) is 152 Å². The van der Waals surface area contributed by atoms with Gasteiger partial charge in [0.2, 0.25) is 0 Å². The summed E-state index contributed by atoms with van der Waals surface area (Å²) in [6, 6.07) is 42.3. The first-order valence-electron chi connectivity index (χ1n) is 21.7. The van der Waals surface area contributed by atoms with Crippen LogP contribution in [0.5, 0.6) is 0 Å². The van der Waals surface area contributed by atoms with Gasteiger partial charge in [-0.3, -0.25) is 4.98 Å². The molecule has 302 valence electrons. The number of hydrogen-bond donors (Lipinski definition) is 0. The second-order valence-electron chi connectivity index (χ2n) is 22.3. The minimum absolute atomic E-state index is 0.0173. The number of hydrogen-bond acceptors (Lipinski definition) is 3. The Hall–Kier alpha value is -5.09. The lowest BCUT2D eigenvalue weighted by molar-refractivity contribution is 0.589. The predicted molar refractivity (Wildman–Crippen MR) is 257 cm³/mol. The SMILES string of the molecule is CC(C)(C)c1ccc(N2c3ccc(C(C)(C)C)cc3B3c4cc(C(C)(C)C)ccc4N(c4ccc(C(C)(C)C)cc4-c4ccccn4)c4cc(C(C)(C)C)cc2c43)cc1. The molecule has 0 N–H and O–H groups in total. The van der Waals surface area contributed by atoms with Crippen molar-refractivity contribution in [1.82, 2.24) is 4.98 Å². The Labute approximate surface area is 356 Å². The molecule has 1 aromatic heterocycles. The van der Waals surface area contributed by atoms with Crippen molar-refractivity contribution in [3.8, 4) is 11.3 Å². The number of nitrogens with zero attached hydrogens (tertiary/aromatic N) is 3. The maximum absolute atomic E-state index is 5.01. The van der Waals surface area contributed by atoms with Gasteiger partial charge in [-0.05, 0) is 132 Å². The van der Waals surface area contributed by atoms with E-state index in [0.717, 1.165) is 16.9 Å². The van der Waals surface area contributed by atoms with E-state index in [1.165, 1.54) is 72.6 Å². The molecule has 0 atom stereocenters. The predicted octanol–water partition coefficient (Wildman–Crippen LogP) is 13.3. The second kappa shape index (κ2) is 13.7. The molecule has 0 saturated heterocycles. The Morgan fingerprint density at radius 3 is 1.31 bits per heavy atom. The van der Waals surface area contributed by atoms with Gasteiger partial charge in [-0.2, -0.15) is 0 Å². The standard InChI is InChI=1S/C55H64BN3/c1-51(2,3)35-19-24-40(25-20-35)58-46-27-22-37(53(7,8)9)31-42(46)56-43-32-38(54(10,11)12)23-28-47(43)59(49-34-39(55(13,14)15)33-48(58)50(49)56)45-26-21-36(52(4,5)6)30-41(45)44-18-16-17-29-57-44/h16-34H,1-15H3. The van der Waals surface area contributed by atoms with E-state index in [-0.39, 0.29) is 33.8 Å². The van der Waals surface area contributed by atoms with Crippen LogP contribution in [0.2, 0.25) is 0 Å². The number of aromatic nitrogens is 1. The monoisotopic (exact) mass is 778 g/mol. The van der Waals surface area contributed by atoms with Crippen LogP contribution < -0.4 is 26.2 Å². The van der Waals surface area contributed by atoms with Crippen molar-refractivity contribution >= 4 is 57.2 Å². The summed E-state index contributed by atoms with van der Waals surface area (Å²) in [5.74, 6) is 0. The molecule has 59 heavy (non-hydrogen) atoms. The van der Waals surface area contributed by atoms with Crippen molar-refractivity contribution in [3.63, 3.8) is 0 Å². The Morgan fingerprint density at radius 2 is 0.831 bits per heavy atom. The molecule has 4 heteroatoms. The minimum atomic E-state index is -0.110. The van der Waals surface area contributed by atoms with Crippen LogP contribution in [0.1, 0.15) is 132 Å². The van der Waals surface area contributed by atoms with Gasteiger partial charge in [0.15, 0.2) is 0 Å². The van der Waals surface area contributed by atoms with E-state index < -0.39 is 0 Å². The summed E-state index contributed by atoms with van der Waals surface area (Å²) >= 11 is 0. The molecule has 0 spiro atoms. The summed E-state index contributed by atoms with van der Waals surface area (Å²) in [6.45, 7) is 34.9. The van der Waals surface area contributed by atoms with E-state index in [0.29, 0.717) is 0 Å². The molecule has 0 saturated carbocycles. The molecule has 2 aliphatic heterocycles. The number of rotatable bonds is 3. The Kier molecular flexibility index (Phi) is 9.47. The van der Waals surface area contributed by atoms with Crippen LogP contribution in [0.3, 0.4) is 0 Å². The Morgan fingerprint density at radius 1 is 0.390 bits per heavy atom. The fraction of sp³-hybridized carbons (Fsp3) is 0.364. The van der Waals surface area contributed by atoms with E-state index in [2.05, 4.69) is 217 Å². The number of anilines is 6. The molecule has 0 radical (unpaired) electrons. The molecule has 8 rings (SSSR count). The van der Waals surface area contributed by atoms with Gasteiger partial charge in [0.1, 0.15) is 0 Å². The molecule has 0 unspecified atom stereocenters. The molecular formula is C55H64BN3. The average Bonchev–Trinajstić information content (AvgIpc) is 3.15. The highest BCUT2D eigenvalue weighted by molar-refractivity contribution is 7.00. The summed E-state index contributed by atoms with van der Waals surface area (Å²) < 4.78 is 0. The summed E-state index contributed by atoms with van der Waals surface area (Å²) in [5, 5.41) is 0. The molecular weight excluding hydrogens is 713 g/mol. The van der Waals surface area contributed by atoms with Crippen LogP contribution in [0.15, 0.2) is 115 Å². The van der Waals surface area contributed by atoms with Crippen LogP contribution in [0, 0.1) is 0 Å². The zero-order chi connectivity index (χ0) is 42.6. The molecule has 0 bridgehead atoms. The van der Waals surface area contributed by atoms with E-state index in [1.54, 1.807) is 0 Å². The third-order valence-corrected chi connectivity index (χ3v) is 12.7. The zero-order valence-corrected chi connectivity index (χ0v) is 38.4. The molecule has 0 amide bonds. The number of fused-ring (bicyclic) bond motifs is 4. The smallest absolute Gasteiger partial charge is 0.252 e. The van der Waals surface area contributed by atoms with Gasteiger partial charge in [-0.15, -0.1) is 0 Å². The third-order valence-electron chi connectivity index (χ3n) is 12.7. The Bertz CT molecular complexity index is 2570. The summed E-state index contributed by atoms with van der Waals surface area (Å²) in [7, 11) is 0. The maximum atomic E-state index is 5.01. The van der Waals surface area contributed by atoms with Gasteiger partial charge in [0, 0.05) is 40.2 Å². The average molecular weight is 778 g/mol. The van der Waals surface area contributed by atoms with Crippen molar-refractivity contribution in [2.24, 2.45) is 0 Å². The first kappa shape index (κ1) is 40.7. The highest BCUT2D eigenvalue weighted by atomic mass is 15.2. The van der Waals surface area contributed by atoms with E-state index in [1.807, 2.05) is 12.3 Å². The van der Waals surface area contributed by atoms with Gasteiger partial charge < -0.3 is 9.80 Å². The van der Waals surface area contributed by atoms with Gasteiger partial charge in [0.25, 0.3) is 6.71 Å². The molecule has 0 aliphatic carbocycles. The fourth-order valence-electron chi connectivity index (χ4n) is 8.94. The van der Waals surface area contributed by atoms with Gasteiger partial charge in [-0.25, -0.2) is 0 Å². The summed E-state index contributed by atoms with van der Waals surface area (Å²) in [6.07, 6.45) is 1.92. The topological polar surface area (TPSA) is 19.4 Å². The molecule has 0 fully saturated rings. The van der Waals surface area contributed by atoms with E-state index >= 15 is 0 Å². The lowest BCUT2D eigenvalue weighted by Crippen LogP contribution is -2.62. The van der Waals surface area contributed by atoms with Crippen molar-refractivity contribution in [1.29, 1.82) is 0 Å². The lowest BCUT2D eigenvalue weighted by atomic mass is 9.33. The second-order valence-corrected chi connectivity index (χ2v) is 22.3. The van der Waals surface area contributed by atoms with Crippen molar-refractivity contribution in [2.75, 3.05) is 9.80 Å². The normalized spacial score (nSPS) is 14.3. The highest BCUT2D eigenvalue weighted by Crippen LogP contribution is 2.49. The third kappa shape index (κ3) is 7.21. The van der Waals surface area contributed by atoms with Crippen molar-refractivity contribution < 1.29 is 0 Å². The first-order valence-corrected chi connectivity index (χ1v) is 21.7. The van der Waals surface area contributed by atoms with E-state index in [9.17, 15) is 0 Å². The number of pyridine rings is 1. The molecule has 5 aromatic carbocycles. The van der Waals surface area contributed by atoms with Gasteiger partial charge in [0.05, 0.1) is 11.4 Å². The Balaban J connectivity index is 1.53. The fourth-order valence-corrected chi connectivity index (χ4v) is 8.94. The van der Waals surface area contributed by atoms with Crippen LogP contribution in [-0.2, 0) is 27.1 Å². The lowest BCUT2D eigenvalue weighted by Gasteiger charge is -2.46. The molecule has 3 heterocycles. The zero-order valence-electron chi connectivity index (χ0n) is 38.4. The molecule has 6 aromatic rings. The van der Waals surface area contributed by atoms with Crippen molar-refractivity contribution in [3.05, 3.63) is 143 Å². The van der Waals surface area contributed by atoms with E-state index in [4.69, 9.17) is 4.98 Å². The number of benzene rings is 5. The first-order chi connectivity index (χ1) is 27.4. The largest absolute Gasteiger partial charge is 0.311 e. The molecule has 3 nitrogen and oxygen atoms in total. The van der Waals surface area contributed by atoms with Crippen LogP contribution >= 0.6 is 0 Å². The van der Waals surface area contributed by atoms with Crippen LogP contribution in [0.4, 0.5) is 34.1 Å². The quantitative estimate of drug-likeness (QED) is 0.167. The summed E-state index contributed by atoms with van der Waals surface area (Å²) in [4.78, 5) is 10.2. The van der Waals surface area contributed by atoms with Crippen LogP contribution in [-0.4, -0.2) is 11.7 Å².